The van der Waals surface area contributed by atoms with Gasteiger partial charge in [0.05, 0.1) is 5.76 Å². The zero-order chi connectivity index (χ0) is 13.9. The average Bonchev–Trinajstić information content (AvgIpc) is 2.21. The highest BCUT2D eigenvalue weighted by molar-refractivity contribution is 5.35. The first-order valence-corrected chi connectivity index (χ1v) is 7.02. The van der Waals surface area contributed by atoms with Gasteiger partial charge in [0.25, 0.3) is 0 Å². The molecule has 0 spiro atoms. The maximum Gasteiger partial charge on any atom is 0.0934 e. The van der Waals surface area contributed by atoms with Gasteiger partial charge in [-0.2, -0.15) is 0 Å². The minimum atomic E-state index is 0.120. The molecule has 1 aliphatic carbocycles. The number of hydrogen-bond acceptors (Lipinski definition) is 2. The SMILES string of the molecule is CC1=C(CCCN(C)C)C(C)(C(C)C)CC(O)=C1. The first-order valence-electron chi connectivity index (χ1n) is 7.02. The number of nitrogens with zero attached hydrogens (tertiary/aromatic N) is 1. The lowest BCUT2D eigenvalue weighted by atomic mass is 9.65. The molecule has 0 aromatic heterocycles. The fraction of sp³-hybridized carbons (Fsp3) is 0.750. The van der Waals surface area contributed by atoms with E-state index in [4.69, 9.17) is 0 Å². The number of hydrogen-bond donors (Lipinski definition) is 1. The van der Waals surface area contributed by atoms with Gasteiger partial charge >= 0.3 is 0 Å². The highest BCUT2D eigenvalue weighted by Gasteiger charge is 2.36. The van der Waals surface area contributed by atoms with E-state index in [1.54, 1.807) is 0 Å². The van der Waals surface area contributed by atoms with Crippen molar-refractivity contribution in [3.05, 3.63) is 23.0 Å². The van der Waals surface area contributed by atoms with E-state index in [1.807, 2.05) is 6.08 Å². The Hall–Kier alpha value is -0.760. The summed E-state index contributed by atoms with van der Waals surface area (Å²) in [6.07, 6.45) is 5.08. The Bertz CT molecular complexity index is 352. The molecule has 0 radical (unpaired) electrons. The van der Waals surface area contributed by atoms with E-state index in [9.17, 15) is 5.11 Å². The highest BCUT2D eigenvalue weighted by atomic mass is 16.3. The van der Waals surface area contributed by atoms with Crippen LogP contribution in [-0.2, 0) is 0 Å². The van der Waals surface area contributed by atoms with Gasteiger partial charge in [0.15, 0.2) is 0 Å². The summed E-state index contributed by atoms with van der Waals surface area (Å²) in [6, 6.07) is 0. The smallest absolute Gasteiger partial charge is 0.0934 e. The van der Waals surface area contributed by atoms with Crippen molar-refractivity contribution in [3.8, 4) is 0 Å². The first-order chi connectivity index (χ1) is 8.27. The second kappa shape index (κ2) is 5.92. The molecule has 0 amide bonds. The minimum Gasteiger partial charge on any atom is -0.512 e. The van der Waals surface area contributed by atoms with Crippen LogP contribution >= 0.6 is 0 Å². The molecule has 1 N–H and O–H groups in total. The molecule has 0 bridgehead atoms. The maximum absolute atomic E-state index is 9.91. The number of allylic oxidation sites excluding steroid dienone is 4. The van der Waals surface area contributed by atoms with Crippen molar-refractivity contribution in [3.63, 3.8) is 0 Å². The summed E-state index contributed by atoms with van der Waals surface area (Å²) in [7, 11) is 4.24. The molecule has 1 unspecified atom stereocenters. The molecule has 2 nitrogen and oxygen atoms in total. The monoisotopic (exact) mass is 251 g/mol. The number of rotatable bonds is 5. The average molecular weight is 251 g/mol. The van der Waals surface area contributed by atoms with E-state index < -0.39 is 0 Å². The van der Waals surface area contributed by atoms with Gasteiger partial charge in [-0.3, -0.25) is 0 Å². The minimum absolute atomic E-state index is 0.120. The molecule has 0 saturated heterocycles. The van der Waals surface area contributed by atoms with Crippen molar-refractivity contribution in [2.24, 2.45) is 11.3 Å². The largest absolute Gasteiger partial charge is 0.512 e. The Kier molecular flexibility index (Phi) is 5.03. The van der Waals surface area contributed by atoms with Gasteiger partial charge in [0, 0.05) is 6.42 Å². The molecule has 0 aromatic carbocycles. The molecule has 0 fully saturated rings. The lowest BCUT2D eigenvalue weighted by Crippen LogP contribution is -2.30. The zero-order valence-electron chi connectivity index (χ0n) is 12.9. The van der Waals surface area contributed by atoms with Crippen LogP contribution in [0.5, 0.6) is 0 Å². The van der Waals surface area contributed by atoms with Crippen LogP contribution in [0.4, 0.5) is 0 Å². The van der Waals surface area contributed by atoms with Gasteiger partial charge in [-0.15, -0.1) is 0 Å². The van der Waals surface area contributed by atoms with Crippen molar-refractivity contribution in [1.29, 1.82) is 0 Å². The zero-order valence-corrected chi connectivity index (χ0v) is 12.9. The lowest BCUT2D eigenvalue weighted by molar-refractivity contribution is 0.215. The molecular weight excluding hydrogens is 222 g/mol. The van der Waals surface area contributed by atoms with Crippen LogP contribution in [0.15, 0.2) is 23.0 Å². The van der Waals surface area contributed by atoms with E-state index >= 15 is 0 Å². The van der Waals surface area contributed by atoms with Crippen molar-refractivity contribution < 1.29 is 5.11 Å². The first kappa shape index (κ1) is 15.3. The summed E-state index contributed by atoms with van der Waals surface area (Å²) in [5.74, 6) is 1.10. The molecule has 0 aliphatic heterocycles. The Morgan fingerprint density at radius 3 is 2.50 bits per heavy atom. The highest BCUT2D eigenvalue weighted by Crippen LogP contribution is 2.46. The predicted octanol–water partition coefficient (Wildman–Crippen LogP) is 4.15. The standard InChI is InChI=1S/C16H29NO/c1-12(2)16(4)11-14(18)10-13(3)15(16)8-7-9-17(5)6/h10,12,18H,7-9,11H2,1-6H3. The van der Waals surface area contributed by atoms with Gasteiger partial charge in [-0.05, 0) is 63.4 Å². The third kappa shape index (κ3) is 3.38. The normalized spacial score (nSPS) is 25.0. The van der Waals surface area contributed by atoms with Gasteiger partial charge in [0.1, 0.15) is 0 Å². The summed E-state index contributed by atoms with van der Waals surface area (Å²) in [5, 5.41) is 9.91. The Morgan fingerprint density at radius 2 is 2.00 bits per heavy atom. The van der Waals surface area contributed by atoms with E-state index in [0.29, 0.717) is 11.7 Å². The van der Waals surface area contributed by atoms with E-state index in [0.717, 1.165) is 19.4 Å². The van der Waals surface area contributed by atoms with Gasteiger partial charge in [-0.25, -0.2) is 0 Å². The summed E-state index contributed by atoms with van der Waals surface area (Å²) >= 11 is 0. The van der Waals surface area contributed by atoms with Crippen molar-refractivity contribution in [1.82, 2.24) is 4.90 Å². The third-order valence-corrected chi connectivity index (χ3v) is 4.40. The number of aliphatic hydroxyl groups is 1. The Balaban J connectivity index is 2.89. The molecule has 2 heteroatoms. The molecule has 0 heterocycles. The van der Waals surface area contributed by atoms with Crippen LogP contribution in [0.2, 0.25) is 0 Å². The van der Waals surface area contributed by atoms with Crippen molar-refractivity contribution in [2.45, 2.75) is 47.0 Å². The number of aliphatic hydroxyl groups excluding tert-OH is 1. The van der Waals surface area contributed by atoms with Crippen LogP contribution in [0.3, 0.4) is 0 Å². The molecule has 1 rings (SSSR count). The summed E-state index contributed by atoms with van der Waals surface area (Å²) in [6.45, 7) is 10.1. The topological polar surface area (TPSA) is 23.5 Å². The summed E-state index contributed by atoms with van der Waals surface area (Å²) in [4.78, 5) is 2.23. The van der Waals surface area contributed by atoms with Crippen LogP contribution in [-0.4, -0.2) is 30.6 Å². The van der Waals surface area contributed by atoms with Gasteiger partial charge in [0.2, 0.25) is 0 Å². The maximum atomic E-state index is 9.91. The Labute approximate surface area is 112 Å². The third-order valence-electron chi connectivity index (χ3n) is 4.40. The molecule has 0 saturated carbocycles. The molecular formula is C16H29NO. The fourth-order valence-corrected chi connectivity index (χ4v) is 2.93. The van der Waals surface area contributed by atoms with Crippen LogP contribution in [0, 0.1) is 11.3 Å². The second-order valence-corrected chi connectivity index (χ2v) is 6.45. The quantitative estimate of drug-likeness (QED) is 0.793. The van der Waals surface area contributed by atoms with Gasteiger partial charge in [-0.1, -0.05) is 26.3 Å². The van der Waals surface area contributed by atoms with Crippen molar-refractivity contribution in [2.75, 3.05) is 20.6 Å². The lowest BCUT2D eigenvalue weighted by Gasteiger charge is -2.40. The predicted molar refractivity (Wildman–Crippen MR) is 78.8 cm³/mol. The van der Waals surface area contributed by atoms with E-state index in [1.165, 1.54) is 17.6 Å². The van der Waals surface area contributed by atoms with Crippen LogP contribution in [0.1, 0.15) is 47.0 Å². The molecule has 104 valence electrons. The van der Waals surface area contributed by atoms with E-state index in [-0.39, 0.29) is 5.41 Å². The summed E-state index contributed by atoms with van der Waals surface area (Å²) in [5.41, 5.74) is 2.93. The molecule has 1 aliphatic rings. The second-order valence-electron chi connectivity index (χ2n) is 6.45. The van der Waals surface area contributed by atoms with Crippen molar-refractivity contribution >= 4 is 0 Å². The molecule has 1 atom stereocenters. The van der Waals surface area contributed by atoms with Crippen LogP contribution in [0.25, 0.3) is 0 Å². The summed E-state index contributed by atoms with van der Waals surface area (Å²) < 4.78 is 0. The van der Waals surface area contributed by atoms with Crippen LogP contribution < -0.4 is 0 Å². The van der Waals surface area contributed by atoms with Gasteiger partial charge < -0.3 is 10.0 Å². The molecule has 18 heavy (non-hydrogen) atoms. The fourth-order valence-electron chi connectivity index (χ4n) is 2.93. The Morgan fingerprint density at radius 1 is 1.39 bits per heavy atom. The van der Waals surface area contributed by atoms with E-state index in [2.05, 4.69) is 46.7 Å². The molecule has 0 aromatic rings.